The van der Waals surface area contributed by atoms with Crippen molar-refractivity contribution in [1.29, 1.82) is 0 Å². The van der Waals surface area contributed by atoms with Gasteiger partial charge in [0, 0.05) is 11.0 Å². The Kier molecular flexibility index (Phi) is 6.52. The lowest BCUT2D eigenvalue weighted by Crippen LogP contribution is -2.31. The van der Waals surface area contributed by atoms with Crippen LogP contribution in [0.2, 0.25) is 0 Å². The predicted molar refractivity (Wildman–Crippen MR) is 72.0 cm³/mol. The Balaban J connectivity index is 2.54. The van der Waals surface area contributed by atoms with Gasteiger partial charge in [-0.3, -0.25) is 0 Å². The van der Waals surface area contributed by atoms with Crippen molar-refractivity contribution in [3.8, 4) is 5.75 Å². The van der Waals surface area contributed by atoms with E-state index in [1.54, 1.807) is 12.1 Å². The number of rotatable bonds is 7. The van der Waals surface area contributed by atoms with E-state index in [1.165, 1.54) is 6.07 Å². The Bertz CT molecular complexity index is 346. The molecular formula is C13H19BrFNO. The highest BCUT2D eigenvalue weighted by Crippen LogP contribution is 2.22. The molecule has 17 heavy (non-hydrogen) atoms. The van der Waals surface area contributed by atoms with Crippen LogP contribution in [0, 0.1) is 5.82 Å². The molecule has 0 aliphatic heterocycles. The van der Waals surface area contributed by atoms with Gasteiger partial charge in [-0.1, -0.05) is 29.8 Å². The van der Waals surface area contributed by atoms with Gasteiger partial charge in [-0.05, 0) is 37.6 Å². The van der Waals surface area contributed by atoms with E-state index in [1.807, 2.05) is 6.92 Å². The number of halogens is 2. The third kappa shape index (κ3) is 5.04. The number of ether oxygens (including phenoxy) is 1. The standard InChI is InChI=1S/C13H19BrFNO/c1-3-7-16-9-11(4-2)17-13-6-5-10(14)8-12(13)15/h5-6,8,11,16H,3-4,7,9H2,1-2H3. The van der Waals surface area contributed by atoms with Crippen molar-refractivity contribution in [2.75, 3.05) is 13.1 Å². The lowest BCUT2D eigenvalue weighted by Gasteiger charge is -2.18. The summed E-state index contributed by atoms with van der Waals surface area (Å²) in [5.41, 5.74) is 0. The normalized spacial score (nSPS) is 12.5. The van der Waals surface area contributed by atoms with E-state index in [-0.39, 0.29) is 11.9 Å². The Hall–Kier alpha value is -0.610. The summed E-state index contributed by atoms with van der Waals surface area (Å²) in [6.45, 7) is 5.86. The predicted octanol–water partition coefficient (Wildman–Crippen LogP) is 3.75. The van der Waals surface area contributed by atoms with Crippen molar-refractivity contribution in [2.24, 2.45) is 0 Å². The van der Waals surface area contributed by atoms with Crippen LogP contribution in [0.5, 0.6) is 5.75 Å². The summed E-state index contributed by atoms with van der Waals surface area (Å²) in [5.74, 6) is -0.00772. The molecule has 1 N–H and O–H groups in total. The highest BCUT2D eigenvalue weighted by atomic mass is 79.9. The van der Waals surface area contributed by atoms with Crippen molar-refractivity contribution in [3.05, 3.63) is 28.5 Å². The first-order valence-corrected chi connectivity index (χ1v) is 6.79. The molecule has 0 radical (unpaired) electrons. The van der Waals surface area contributed by atoms with Crippen LogP contribution in [0.3, 0.4) is 0 Å². The summed E-state index contributed by atoms with van der Waals surface area (Å²) in [4.78, 5) is 0. The average Bonchev–Trinajstić information content (AvgIpc) is 2.31. The van der Waals surface area contributed by atoms with Gasteiger partial charge in [0.2, 0.25) is 0 Å². The second kappa shape index (κ2) is 7.67. The minimum absolute atomic E-state index is 0.0113. The first-order valence-electron chi connectivity index (χ1n) is 5.99. The summed E-state index contributed by atoms with van der Waals surface area (Å²) in [6, 6.07) is 4.86. The highest BCUT2D eigenvalue weighted by Gasteiger charge is 2.11. The topological polar surface area (TPSA) is 21.3 Å². The summed E-state index contributed by atoms with van der Waals surface area (Å²) >= 11 is 3.22. The maximum atomic E-state index is 13.6. The molecule has 1 unspecified atom stereocenters. The van der Waals surface area contributed by atoms with E-state index in [2.05, 4.69) is 28.2 Å². The number of hydrogen-bond acceptors (Lipinski definition) is 2. The molecule has 0 saturated carbocycles. The molecule has 96 valence electrons. The Morgan fingerprint density at radius 2 is 2.18 bits per heavy atom. The SMILES string of the molecule is CCCNCC(CC)Oc1ccc(Br)cc1F. The van der Waals surface area contributed by atoms with Gasteiger partial charge >= 0.3 is 0 Å². The molecular weight excluding hydrogens is 285 g/mol. The largest absolute Gasteiger partial charge is 0.486 e. The number of nitrogens with one attached hydrogen (secondary N) is 1. The van der Waals surface area contributed by atoms with Crippen molar-refractivity contribution in [2.45, 2.75) is 32.8 Å². The zero-order valence-electron chi connectivity index (χ0n) is 10.3. The van der Waals surface area contributed by atoms with Crippen LogP contribution < -0.4 is 10.1 Å². The third-order valence-corrected chi connectivity index (χ3v) is 2.93. The van der Waals surface area contributed by atoms with Crippen LogP contribution in [-0.2, 0) is 0 Å². The van der Waals surface area contributed by atoms with E-state index in [0.29, 0.717) is 5.75 Å². The third-order valence-electron chi connectivity index (χ3n) is 2.44. The second-order valence-electron chi connectivity index (χ2n) is 3.93. The zero-order valence-corrected chi connectivity index (χ0v) is 11.9. The van der Waals surface area contributed by atoms with E-state index in [9.17, 15) is 4.39 Å². The van der Waals surface area contributed by atoms with Crippen molar-refractivity contribution < 1.29 is 9.13 Å². The lowest BCUT2D eigenvalue weighted by molar-refractivity contribution is 0.185. The molecule has 4 heteroatoms. The van der Waals surface area contributed by atoms with Gasteiger partial charge in [-0.2, -0.15) is 0 Å². The Morgan fingerprint density at radius 3 is 2.76 bits per heavy atom. The molecule has 1 aromatic rings. The van der Waals surface area contributed by atoms with Gasteiger partial charge in [0.1, 0.15) is 6.10 Å². The Morgan fingerprint density at radius 1 is 1.41 bits per heavy atom. The zero-order chi connectivity index (χ0) is 12.7. The summed E-state index contributed by atoms with van der Waals surface area (Å²) in [7, 11) is 0. The van der Waals surface area contributed by atoms with Crippen molar-refractivity contribution in [3.63, 3.8) is 0 Å². The quantitative estimate of drug-likeness (QED) is 0.775. The molecule has 0 saturated heterocycles. The Labute approximate surface area is 111 Å². The van der Waals surface area contributed by atoms with Crippen LogP contribution in [0.25, 0.3) is 0 Å². The van der Waals surface area contributed by atoms with E-state index in [0.717, 1.165) is 30.4 Å². The summed E-state index contributed by atoms with van der Waals surface area (Å²) < 4.78 is 19.9. The van der Waals surface area contributed by atoms with Gasteiger partial charge in [-0.15, -0.1) is 0 Å². The van der Waals surface area contributed by atoms with E-state index < -0.39 is 0 Å². The molecule has 1 rings (SSSR count). The maximum absolute atomic E-state index is 13.6. The van der Waals surface area contributed by atoms with Crippen LogP contribution in [0.4, 0.5) is 4.39 Å². The molecule has 1 aromatic carbocycles. The van der Waals surface area contributed by atoms with E-state index >= 15 is 0 Å². The molecule has 1 atom stereocenters. The average molecular weight is 304 g/mol. The van der Waals surface area contributed by atoms with Crippen LogP contribution in [-0.4, -0.2) is 19.2 Å². The van der Waals surface area contributed by atoms with Crippen LogP contribution in [0.15, 0.2) is 22.7 Å². The molecule has 0 aliphatic rings. The van der Waals surface area contributed by atoms with Crippen molar-refractivity contribution >= 4 is 15.9 Å². The smallest absolute Gasteiger partial charge is 0.166 e. The molecule has 0 aliphatic carbocycles. The van der Waals surface area contributed by atoms with Crippen LogP contribution >= 0.6 is 15.9 Å². The minimum atomic E-state index is -0.326. The summed E-state index contributed by atoms with van der Waals surface area (Å²) in [6.07, 6.45) is 1.95. The molecule has 0 spiro atoms. The van der Waals surface area contributed by atoms with Gasteiger partial charge in [-0.25, -0.2) is 4.39 Å². The first kappa shape index (κ1) is 14.5. The monoisotopic (exact) mass is 303 g/mol. The fraction of sp³-hybridized carbons (Fsp3) is 0.538. The van der Waals surface area contributed by atoms with Crippen molar-refractivity contribution in [1.82, 2.24) is 5.32 Å². The molecule has 0 fully saturated rings. The van der Waals surface area contributed by atoms with Gasteiger partial charge < -0.3 is 10.1 Å². The van der Waals surface area contributed by atoms with Crippen LogP contribution in [0.1, 0.15) is 26.7 Å². The first-order chi connectivity index (χ1) is 8.17. The maximum Gasteiger partial charge on any atom is 0.166 e. The second-order valence-corrected chi connectivity index (χ2v) is 4.84. The van der Waals surface area contributed by atoms with E-state index in [4.69, 9.17) is 4.74 Å². The minimum Gasteiger partial charge on any atom is -0.486 e. The molecule has 0 bridgehead atoms. The number of benzene rings is 1. The van der Waals surface area contributed by atoms with Gasteiger partial charge in [0.05, 0.1) is 0 Å². The molecule has 0 amide bonds. The lowest BCUT2D eigenvalue weighted by atomic mass is 10.2. The fourth-order valence-corrected chi connectivity index (χ4v) is 1.79. The molecule has 0 heterocycles. The summed E-state index contributed by atoms with van der Waals surface area (Å²) in [5, 5.41) is 3.28. The van der Waals surface area contributed by atoms with Gasteiger partial charge in [0.25, 0.3) is 0 Å². The highest BCUT2D eigenvalue weighted by molar-refractivity contribution is 9.10. The molecule has 2 nitrogen and oxygen atoms in total. The molecule has 0 aromatic heterocycles. The van der Waals surface area contributed by atoms with Gasteiger partial charge in [0.15, 0.2) is 11.6 Å². The number of hydrogen-bond donors (Lipinski definition) is 1. The fourth-order valence-electron chi connectivity index (χ4n) is 1.46.